The van der Waals surface area contributed by atoms with Crippen molar-refractivity contribution >= 4 is 13.2 Å². The fourth-order valence-electron chi connectivity index (χ4n) is 5.49. The summed E-state index contributed by atoms with van der Waals surface area (Å²) in [4.78, 5) is 0. The van der Waals surface area contributed by atoms with Crippen LogP contribution >= 0.6 is 7.60 Å². The Balaban J connectivity index is 1.50. The third-order valence-electron chi connectivity index (χ3n) is 6.70. The zero-order valence-corrected chi connectivity index (χ0v) is 17.9. The summed E-state index contributed by atoms with van der Waals surface area (Å²) in [6, 6.07) is 29.0. The molecule has 4 atom stereocenters. The van der Waals surface area contributed by atoms with E-state index < -0.39 is 7.60 Å². The van der Waals surface area contributed by atoms with Crippen molar-refractivity contribution in [2.75, 3.05) is 0 Å². The predicted octanol–water partition coefficient (Wildman–Crippen LogP) is 7.20. The van der Waals surface area contributed by atoms with Crippen LogP contribution in [-0.4, -0.2) is 0 Å². The molecule has 3 aliphatic carbocycles. The highest BCUT2D eigenvalue weighted by atomic mass is 31.2. The number of benzene rings is 3. The van der Waals surface area contributed by atoms with Gasteiger partial charge in [-0.05, 0) is 59.6 Å². The van der Waals surface area contributed by atoms with Crippen LogP contribution in [0.5, 0.6) is 11.5 Å². The number of rotatable bonds is 6. The molecule has 0 radical (unpaired) electrons. The number of hydrogen-bond donors (Lipinski definition) is 0. The molecule has 3 nitrogen and oxygen atoms in total. The van der Waals surface area contributed by atoms with Crippen molar-refractivity contribution in [3.05, 3.63) is 114 Å². The smallest absolute Gasteiger partial charge is 0.413 e. The summed E-state index contributed by atoms with van der Waals surface area (Å²) >= 11 is 0. The van der Waals surface area contributed by atoms with Crippen molar-refractivity contribution < 1.29 is 13.6 Å². The lowest BCUT2D eigenvalue weighted by Gasteiger charge is -2.44. The first-order valence-electron chi connectivity index (χ1n) is 10.8. The lowest BCUT2D eigenvalue weighted by Crippen LogP contribution is -2.34. The van der Waals surface area contributed by atoms with Crippen LogP contribution in [-0.2, 0) is 4.57 Å². The molecule has 2 bridgehead atoms. The molecule has 0 aliphatic heterocycles. The molecular formula is C27H23O3P. The van der Waals surface area contributed by atoms with Crippen molar-refractivity contribution in [1.29, 1.82) is 0 Å². The Labute approximate surface area is 182 Å². The molecule has 0 N–H and O–H groups in total. The van der Waals surface area contributed by atoms with Crippen molar-refractivity contribution in [2.24, 2.45) is 23.7 Å². The van der Waals surface area contributed by atoms with Crippen LogP contribution in [0.2, 0.25) is 0 Å². The van der Waals surface area contributed by atoms with E-state index in [1.165, 1.54) is 0 Å². The van der Waals surface area contributed by atoms with Crippen LogP contribution in [0.4, 0.5) is 0 Å². The molecule has 0 saturated heterocycles. The zero-order valence-electron chi connectivity index (χ0n) is 17.0. The third kappa shape index (κ3) is 3.07. The van der Waals surface area contributed by atoms with Gasteiger partial charge in [-0.25, -0.2) is 4.57 Å². The van der Waals surface area contributed by atoms with E-state index in [2.05, 4.69) is 24.3 Å². The fourth-order valence-corrected chi connectivity index (χ4v) is 7.81. The minimum Gasteiger partial charge on any atom is -0.413 e. The minimum absolute atomic E-state index is 0.212. The van der Waals surface area contributed by atoms with Crippen LogP contribution in [0.25, 0.3) is 5.57 Å². The summed E-state index contributed by atoms with van der Waals surface area (Å²) in [6.45, 7) is 0. The van der Waals surface area contributed by atoms with Crippen molar-refractivity contribution in [3.8, 4) is 11.5 Å². The first-order chi connectivity index (χ1) is 15.2. The Morgan fingerprint density at radius 1 is 0.645 bits per heavy atom. The predicted molar refractivity (Wildman–Crippen MR) is 123 cm³/mol. The molecule has 4 unspecified atom stereocenters. The van der Waals surface area contributed by atoms with Crippen LogP contribution in [0.3, 0.4) is 0 Å². The van der Waals surface area contributed by atoms with Crippen LogP contribution in [0, 0.1) is 23.7 Å². The van der Waals surface area contributed by atoms with Gasteiger partial charge in [0.15, 0.2) is 0 Å². The zero-order chi connectivity index (χ0) is 20.8. The summed E-state index contributed by atoms with van der Waals surface area (Å²) in [7, 11) is -3.64. The van der Waals surface area contributed by atoms with Crippen LogP contribution in [0.15, 0.2) is 108 Å². The maximum Gasteiger partial charge on any atom is 0.459 e. The molecule has 6 rings (SSSR count). The number of allylic oxidation sites excluding steroid dienone is 4. The largest absolute Gasteiger partial charge is 0.459 e. The van der Waals surface area contributed by atoms with Crippen molar-refractivity contribution in [2.45, 2.75) is 6.42 Å². The molecule has 31 heavy (non-hydrogen) atoms. The molecule has 0 aromatic heterocycles. The van der Waals surface area contributed by atoms with Crippen molar-refractivity contribution in [1.82, 2.24) is 0 Å². The summed E-state index contributed by atoms with van der Waals surface area (Å²) in [6.07, 6.45) is 5.75. The summed E-state index contributed by atoms with van der Waals surface area (Å²) in [5.74, 6) is 2.64. The van der Waals surface area contributed by atoms with E-state index in [-0.39, 0.29) is 5.92 Å². The van der Waals surface area contributed by atoms with Gasteiger partial charge in [0, 0.05) is 5.92 Å². The van der Waals surface area contributed by atoms with Crippen LogP contribution in [0.1, 0.15) is 12.0 Å². The maximum atomic E-state index is 14.6. The van der Waals surface area contributed by atoms with E-state index in [1.807, 2.05) is 78.9 Å². The van der Waals surface area contributed by atoms with Gasteiger partial charge in [-0.2, -0.15) is 0 Å². The van der Waals surface area contributed by atoms with Gasteiger partial charge in [0.1, 0.15) is 11.5 Å². The average Bonchev–Trinajstić information content (AvgIpc) is 3.34. The molecule has 3 aromatic rings. The fraction of sp³-hybridized carbons (Fsp3) is 0.185. The summed E-state index contributed by atoms with van der Waals surface area (Å²) in [5, 5.41) is 0.855. The van der Waals surface area contributed by atoms with E-state index in [4.69, 9.17) is 9.05 Å². The summed E-state index contributed by atoms with van der Waals surface area (Å²) in [5.41, 5.74) is 2.27. The molecule has 4 heteroatoms. The van der Waals surface area contributed by atoms with Gasteiger partial charge in [0.25, 0.3) is 0 Å². The van der Waals surface area contributed by atoms with Gasteiger partial charge in [-0.1, -0.05) is 78.9 Å². The Bertz CT molecular complexity index is 1160. The van der Waals surface area contributed by atoms with E-state index in [0.29, 0.717) is 29.3 Å². The van der Waals surface area contributed by atoms with E-state index in [0.717, 1.165) is 22.9 Å². The first-order valence-corrected chi connectivity index (χ1v) is 12.3. The molecule has 154 valence electrons. The second kappa shape index (κ2) is 7.28. The lowest BCUT2D eigenvalue weighted by atomic mass is 9.66. The molecule has 0 heterocycles. The molecule has 1 fully saturated rings. The molecule has 3 aliphatic rings. The Hall–Kier alpha value is -3.03. The van der Waals surface area contributed by atoms with E-state index in [1.54, 1.807) is 0 Å². The lowest BCUT2D eigenvalue weighted by molar-refractivity contribution is 0.352. The molecule has 1 saturated carbocycles. The first kappa shape index (κ1) is 18.7. The van der Waals surface area contributed by atoms with Crippen LogP contribution < -0.4 is 9.05 Å². The van der Waals surface area contributed by atoms with Crippen molar-refractivity contribution in [3.63, 3.8) is 0 Å². The molecule has 0 amide bonds. The summed E-state index contributed by atoms with van der Waals surface area (Å²) < 4.78 is 27.1. The standard InChI is InChI=1S/C27H23O3P/c28-31(29-22-12-6-2-7-13-22,30-23-14-8-3-9-15-23)27-25(19-10-4-1-5-11-19)24-20-16-17-21(18-20)26(24)27/h1-17,20-21,24,26H,18H2. The topological polar surface area (TPSA) is 35.5 Å². The molecule has 0 spiro atoms. The van der Waals surface area contributed by atoms with E-state index in [9.17, 15) is 4.57 Å². The van der Waals surface area contributed by atoms with Gasteiger partial charge < -0.3 is 9.05 Å². The van der Waals surface area contributed by atoms with Gasteiger partial charge in [0.05, 0.1) is 5.31 Å². The Kier molecular flexibility index (Phi) is 4.40. The number of hydrogen-bond acceptors (Lipinski definition) is 3. The Morgan fingerprint density at radius 3 is 1.68 bits per heavy atom. The highest BCUT2D eigenvalue weighted by Gasteiger charge is 2.61. The monoisotopic (exact) mass is 426 g/mol. The highest BCUT2D eigenvalue weighted by Crippen LogP contribution is 2.74. The van der Waals surface area contributed by atoms with Gasteiger partial charge in [-0.3, -0.25) is 0 Å². The molecular weight excluding hydrogens is 403 g/mol. The Morgan fingerprint density at radius 2 is 1.13 bits per heavy atom. The van der Waals surface area contributed by atoms with Gasteiger partial charge in [0.2, 0.25) is 0 Å². The minimum atomic E-state index is -3.64. The van der Waals surface area contributed by atoms with Gasteiger partial charge >= 0.3 is 7.60 Å². The second-order valence-electron chi connectivity index (χ2n) is 8.47. The SMILES string of the molecule is O=P(Oc1ccccc1)(Oc1ccccc1)C1=C(c2ccccc2)C2C3C=CC(C3)C12. The third-order valence-corrected chi connectivity index (χ3v) is 8.73. The molecule has 3 aromatic carbocycles. The quantitative estimate of drug-likeness (QED) is 0.309. The normalized spacial score (nSPS) is 25.8. The van der Waals surface area contributed by atoms with Gasteiger partial charge in [-0.15, -0.1) is 0 Å². The number of fused-ring (bicyclic) bond motifs is 5. The second-order valence-corrected chi connectivity index (χ2v) is 10.3. The average molecular weight is 426 g/mol. The van der Waals surface area contributed by atoms with E-state index >= 15 is 0 Å². The maximum absolute atomic E-state index is 14.6. The highest BCUT2D eigenvalue weighted by molar-refractivity contribution is 7.59. The number of para-hydroxylation sites is 2.